The molecule has 38 heavy (non-hydrogen) atoms. The minimum absolute atomic E-state index is 0.0280. The van der Waals surface area contributed by atoms with Gasteiger partial charge in [-0.15, -0.1) is 0 Å². The summed E-state index contributed by atoms with van der Waals surface area (Å²) in [6, 6.07) is 9.32. The average molecular weight is 577 g/mol. The third kappa shape index (κ3) is 5.33. The minimum Gasteiger partial charge on any atom is -0.496 e. The normalized spacial score (nSPS) is 15.1. The van der Waals surface area contributed by atoms with Crippen molar-refractivity contribution in [1.29, 1.82) is 0 Å². The highest BCUT2D eigenvalue weighted by Gasteiger charge is 2.35. The van der Waals surface area contributed by atoms with Crippen molar-refractivity contribution in [1.82, 2.24) is 4.57 Å². The quantitative estimate of drug-likeness (QED) is 0.407. The van der Waals surface area contributed by atoms with Crippen LogP contribution in [0.3, 0.4) is 0 Å². The molecule has 4 rings (SSSR count). The lowest BCUT2D eigenvalue weighted by molar-refractivity contribution is -0.140. The Balaban J connectivity index is 1.90. The summed E-state index contributed by atoms with van der Waals surface area (Å²) in [5, 5.41) is 9.03. The number of aliphatic carboxylic acids is 1. The van der Waals surface area contributed by atoms with E-state index in [2.05, 4.69) is 4.99 Å². The first kappa shape index (κ1) is 27.4. The molecule has 1 aliphatic rings. The number of carboxylic acid groups (broad SMARTS) is 1. The van der Waals surface area contributed by atoms with Crippen LogP contribution in [0.2, 0.25) is 10.0 Å². The molecular formula is C26H22Cl2N2O7S. The molecule has 2 heterocycles. The highest BCUT2D eigenvalue weighted by Crippen LogP contribution is 2.36. The van der Waals surface area contributed by atoms with Crippen LogP contribution in [0.1, 0.15) is 31.0 Å². The molecule has 0 amide bonds. The van der Waals surface area contributed by atoms with Crippen LogP contribution in [0.15, 0.2) is 57.5 Å². The van der Waals surface area contributed by atoms with Crippen LogP contribution in [0, 0.1) is 0 Å². The number of halogens is 2. The van der Waals surface area contributed by atoms with Crippen molar-refractivity contribution >= 4 is 52.6 Å². The molecule has 0 saturated heterocycles. The van der Waals surface area contributed by atoms with Gasteiger partial charge in [-0.05, 0) is 43.7 Å². The maximum absolute atomic E-state index is 13.8. The number of para-hydroxylation sites is 1. The van der Waals surface area contributed by atoms with Crippen molar-refractivity contribution in [2.45, 2.75) is 19.9 Å². The van der Waals surface area contributed by atoms with Crippen molar-refractivity contribution in [3.05, 3.63) is 88.5 Å². The first-order valence-corrected chi connectivity index (χ1v) is 12.9. The predicted molar refractivity (Wildman–Crippen MR) is 143 cm³/mol. The summed E-state index contributed by atoms with van der Waals surface area (Å²) in [4.78, 5) is 42.6. The zero-order valence-electron chi connectivity index (χ0n) is 20.5. The number of hydrogen-bond acceptors (Lipinski definition) is 8. The number of aromatic nitrogens is 1. The SMILES string of the molecule is CCOC(=O)C1=C(C)N=c2s/c(=C\c3cc(Cl)c(OCC(=O)O)c(Cl)c3)c(=O)n2[C@@H]1c1ccccc1OC. The molecular weight excluding hydrogens is 555 g/mol. The summed E-state index contributed by atoms with van der Waals surface area (Å²) in [7, 11) is 1.51. The third-order valence-corrected chi connectivity index (χ3v) is 7.15. The van der Waals surface area contributed by atoms with E-state index in [1.165, 1.54) is 23.8 Å². The van der Waals surface area contributed by atoms with Gasteiger partial charge in [0.15, 0.2) is 17.2 Å². The zero-order valence-corrected chi connectivity index (χ0v) is 22.8. The molecule has 0 aliphatic carbocycles. The van der Waals surface area contributed by atoms with E-state index in [1.54, 1.807) is 44.2 Å². The number of carbonyl (C=O) groups excluding carboxylic acids is 1. The fraction of sp³-hybridized carbons (Fsp3) is 0.231. The molecule has 0 saturated carbocycles. The Morgan fingerprint density at radius 3 is 2.53 bits per heavy atom. The lowest BCUT2D eigenvalue weighted by atomic mass is 9.95. The lowest BCUT2D eigenvalue weighted by Gasteiger charge is -2.25. The van der Waals surface area contributed by atoms with Crippen LogP contribution in [0.25, 0.3) is 6.08 Å². The number of allylic oxidation sites excluding steroid dienone is 1. The standard InChI is InChI=1S/C26H22Cl2N2O7S/c1-4-36-25(34)21-13(2)29-26-30(22(21)15-7-5-6-8-18(15)35-3)24(33)19(38-26)11-14-9-16(27)23(17(28)10-14)37-12-20(31)32/h5-11,22H,4,12H2,1-3H3,(H,31,32)/b19-11-/t22-/m1/s1. The monoisotopic (exact) mass is 576 g/mol. The van der Waals surface area contributed by atoms with Crippen LogP contribution >= 0.6 is 34.5 Å². The zero-order chi connectivity index (χ0) is 27.6. The van der Waals surface area contributed by atoms with Gasteiger partial charge < -0.3 is 19.3 Å². The van der Waals surface area contributed by atoms with Gasteiger partial charge in [-0.2, -0.15) is 0 Å². The molecule has 1 aromatic heterocycles. The van der Waals surface area contributed by atoms with Gasteiger partial charge in [0.25, 0.3) is 5.56 Å². The van der Waals surface area contributed by atoms with E-state index < -0.39 is 30.1 Å². The maximum atomic E-state index is 13.8. The van der Waals surface area contributed by atoms with Crippen molar-refractivity contribution in [2.24, 2.45) is 4.99 Å². The first-order chi connectivity index (χ1) is 18.2. The fourth-order valence-corrected chi connectivity index (χ4v) is 5.72. The topological polar surface area (TPSA) is 116 Å². The van der Waals surface area contributed by atoms with Gasteiger partial charge in [0, 0.05) is 5.56 Å². The highest BCUT2D eigenvalue weighted by atomic mass is 35.5. The Labute approximate surface area is 230 Å². The number of fused-ring (bicyclic) bond motifs is 1. The number of methoxy groups -OCH3 is 1. The largest absolute Gasteiger partial charge is 0.496 e. The molecule has 9 nitrogen and oxygen atoms in total. The van der Waals surface area contributed by atoms with Crippen molar-refractivity contribution < 1.29 is 28.9 Å². The van der Waals surface area contributed by atoms with Gasteiger partial charge in [0.05, 0.1) is 39.6 Å². The Bertz CT molecular complexity index is 1620. The molecule has 0 spiro atoms. The van der Waals surface area contributed by atoms with E-state index in [4.69, 9.17) is 42.5 Å². The summed E-state index contributed by atoms with van der Waals surface area (Å²) >= 11 is 13.7. The Kier molecular flexibility index (Phi) is 8.25. The molecule has 0 bridgehead atoms. The summed E-state index contributed by atoms with van der Waals surface area (Å²) in [5.74, 6) is -1.22. The molecule has 3 aromatic rings. The second-order valence-corrected chi connectivity index (χ2v) is 9.86. The van der Waals surface area contributed by atoms with E-state index in [-0.39, 0.29) is 28.0 Å². The van der Waals surface area contributed by atoms with Gasteiger partial charge in [0.2, 0.25) is 0 Å². The summed E-state index contributed by atoms with van der Waals surface area (Å²) in [5.41, 5.74) is 1.37. The maximum Gasteiger partial charge on any atom is 0.341 e. The Morgan fingerprint density at radius 1 is 1.21 bits per heavy atom. The van der Waals surface area contributed by atoms with Crippen LogP contribution in [-0.2, 0) is 14.3 Å². The summed E-state index contributed by atoms with van der Waals surface area (Å²) in [6.45, 7) is 2.95. The predicted octanol–water partition coefficient (Wildman–Crippen LogP) is 3.58. The molecule has 198 valence electrons. The van der Waals surface area contributed by atoms with E-state index in [0.29, 0.717) is 31.9 Å². The van der Waals surface area contributed by atoms with Crippen LogP contribution in [0.4, 0.5) is 0 Å². The molecule has 2 aromatic carbocycles. The van der Waals surface area contributed by atoms with Crippen LogP contribution in [0.5, 0.6) is 11.5 Å². The van der Waals surface area contributed by atoms with Gasteiger partial charge in [-0.3, -0.25) is 9.36 Å². The second kappa shape index (κ2) is 11.4. The van der Waals surface area contributed by atoms with Crippen LogP contribution < -0.4 is 24.4 Å². The average Bonchev–Trinajstić information content (AvgIpc) is 3.16. The number of benzene rings is 2. The van der Waals surface area contributed by atoms with E-state index in [0.717, 1.165) is 11.3 Å². The number of nitrogens with zero attached hydrogens (tertiary/aromatic N) is 2. The molecule has 0 fully saturated rings. The number of hydrogen-bond donors (Lipinski definition) is 1. The summed E-state index contributed by atoms with van der Waals surface area (Å²) < 4.78 is 17.8. The van der Waals surface area contributed by atoms with Crippen molar-refractivity contribution in [2.75, 3.05) is 20.3 Å². The van der Waals surface area contributed by atoms with E-state index in [1.807, 2.05) is 0 Å². The number of carboxylic acids is 1. The number of carbonyl (C=O) groups is 2. The fourth-order valence-electron chi connectivity index (χ4n) is 4.06. The summed E-state index contributed by atoms with van der Waals surface area (Å²) in [6.07, 6.45) is 1.59. The number of ether oxygens (including phenoxy) is 3. The third-order valence-electron chi connectivity index (χ3n) is 5.61. The number of rotatable bonds is 8. The lowest BCUT2D eigenvalue weighted by Crippen LogP contribution is -2.40. The molecule has 0 radical (unpaired) electrons. The van der Waals surface area contributed by atoms with E-state index >= 15 is 0 Å². The molecule has 12 heteroatoms. The van der Waals surface area contributed by atoms with Crippen LogP contribution in [-0.4, -0.2) is 41.9 Å². The number of esters is 1. The van der Waals surface area contributed by atoms with Gasteiger partial charge in [-0.1, -0.05) is 52.7 Å². The van der Waals surface area contributed by atoms with E-state index in [9.17, 15) is 14.4 Å². The Hall–Kier alpha value is -3.60. The number of thiazole rings is 1. The van der Waals surface area contributed by atoms with Gasteiger partial charge in [0.1, 0.15) is 11.8 Å². The Morgan fingerprint density at radius 2 is 1.89 bits per heavy atom. The molecule has 1 aliphatic heterocycles. The van der Waals surface area contributed by atoms with Gasteiger partial charge in [-0.25, -0.2) is 14.6 Å². The second-order valence-electron chi connectivity index (χ2n) is 8.04. The van der Waals surface area contributed by atoms with Gasteiger partial charge >= 0.3 is 11.9 Å². The minimum atomic E-state index is -1.18. The molecule has 0 unspecified atom stereocenters. The van der Waals surface area contributed by atoms with Crippen molar-refractivity contribution in [3.63, 3.8) is 0 Å². The molecule has 1 N–H and O–H groups in total. The highest BCUT2D eigenvalue weighted by molar-refractivity contribution is 7.07. The first-order valence-electron chi connectivity index (χ1n) is 11.3. The van der Waals surface area contributed by atoms with Crippen molar-refractivity contribution in [3.8, 4) is 11.5 Å². The smallest absolute Gasteiger partial charge is 0.341 e. The molecule has 1 atom stereocenters.